The number of aliphatic hydroxyl groups excluding tert-OH is 1. The van der Waals surface area contributed by atoms with E-state index in [0.717, 1.165) is 25.7 Å². The summed E-state index contributed by atoms with van der Waals surface area (Å²) in [6.07, 6.45) is 28.7. The first-order valence-electron chi connectivity index (χ1n) is 9.01. The van der Waals surface area contributed by atoms with Crippen LogP contribution in [0.4, 0.5) is 0 Å². The van der Waals surface area contributed by atoms with E-state index in [1.165, 1.54) is 0 Å². The van der Waals surface area contributed by atoms with Gasteiger partial charge in [0.1, 0.15) is 0 Å². The third-order valence-electron chi connectivity index (χ3n) is 3.21. The van der Waals surface area contributed by atoms with E-state index in [-0.39, 0.29) is 6.42 Å². The molecule has 0 aromatic rings. The van der Waals surface area contributed by atoms with Crippen molar-refractivity contribution >= 4 is 5.97 Å². The van der Waals surface area contributed by atoms with Gasteiger partial charge in [0.05, 0.1) is 6.10 Å². The number of hydrogen-bond donors (Lipinski definition) is 2. The molecule has 0 fully saturated rings. The SMILES string of the molecule is CC/C=C\C[C@H](O)\C=C/C=C/C=C/CC/C=C\C/C=C\CCC(=O)O. The molecule has 0 heterocycles. The van der Waals surface area contributed by atoms with Gasteiger partial charge in [0.15, 0.2) is 0 Å². The average molecular weight is 344 g/mol. The third kappa shape index (κ3) is 19.8. The molecule has 0 spiro atoms. The van der Waals surface area contributed by atoms with Crippen molar-refractivity contribution in [2.45, 2.75) is 58.0 Å². The van der Waals surface area contributed by atoms with Gasteiger partial charge in [-0.2, -0.15) is 0 Å². The maximum Gasteiger partial charge on any atom is 0.303 e. The standard InChI is InChI=1S/C22H32O3/c1-2-3-15-18-21(23)19-16-13-11-9-7-5-4-6-8-10-12-14-17-20-22(24)25/h3,6-9,11-16,19,21,23H,2,4-5,10,17-18,20H2,1H3,(H,24,25)/b8-6-,9-7+,13-11+,14-12-,15-3-,19-16-/t21-/m0/s1. The van der Waals surface area contributed by atoms with Crippen molar-refractivity contribution in [3.63, 3.8) is 0 Å². The Balaban J connectivity index is 3.66. The molecular formula is C22H32O3. The number of hydrogen-bond acceptors (Lipinski definition) is 2. The van der Waals surface area contributed by atoms with Crippen LogP contribution >= 0.6 is 0 Å². The zero-order valence-corrected chi connectivity index (χ0v) is 15.3. The van der Waals surface area contributed by atoms with Crippen molar-refractivity contribution in [2.75, 3.05) is 0 Å². The number of aliphatic hydroxyl groups is 1. The van der Waals surface area contributed by atoms with Crippen LogP contribution in [0, 0.1) is 0 Å². The van der Waals surface area contributed by atoms with Crippen molar-refractivity contribution < 1.29 is 15.0 Å². The molecule has 1 atom stereocenters. The Kier molecular flexibility index (Phi) is 16.7. The van der Waals surface area contributed by atoms with Crippen LogP contribution in [0.15, 0.2) is 72.9 Å². The highest BCUT2D eigenvalue weighted by atomic mass is 16.4. The van der Waals surface area contributed by atoms with Crippen LogP contribution in [0.3, 0.4) is 0 Å². The van der Waals surface area contributed by atoms with E-state index in [1.807, 2.05) is 42.5 Å². The quantitative estimate of drug-likeness (QED) is 0.248. The zero-order chi connectivity index (χ0) is 18.6. The zero-order valence-electron chi connectivity index (χ0n) is 15.3. The first-order chi connectivity index (χ1) is 12.2. The molecule has 0 radical (unpaired) electrons. The minimum atomic E-state index is -0.753. The third-order valence-corrected chi connectivity index (χ3v) is 3.21. The lowest BCUT2D eigenvalue weighted by molar-refractivity contribution is -0.136. The van der Waals surface area contributed by atoms with Gasteiger partial charge in [0, 0.05) is 6.42 Å². The van der Waals surface area contributed by atoms with E-state index in [0.29, 0.717) is 12.8 Å². The van der Waals surface area contributed by atoms with Crippen LogP contribution in [0.5, 0.6) is 0 Å². The molecule has 0 bridgehead atoms. The molecule has 0 aromatic carbocycles. The number of allylic oxidation sites excluding steroid dienone is 10. The Morgan fingerprint density at radius 3 is 2.24 bits per heavy atom. The number of rotatable bonds is 14. The molecule has 25 heavy (non-hydrogen) atoms. The molecule has 2 N–H and O–H groups in total. The number of unbranched alkanes of at least 4 members (excludes halogenated alkanes) is 1. The second-order valence-corrected chi connectivity index (χ2v) is 5.57. The van der Waals surface area contributed by atoms with E-state index in [1.54, 1.807) is 6.08 Å². The van der Waals surface area contributed by atoms with Crippen LogP contribution in [0.2, 0.25) is 0 Å². The topological polar surface area (TPSA) is 57.5 Å². The smallest absolute Gasteiger partial charge is 0.303 e. The molecule has 0 amide bonds. The number of carboxylic acid groups (broad SMARTS) is 1. The Morgan fingerprint density at radius 1 is 0.840 bits per heavy atom. The average Bonchev–Trinajstić information content (AvgIpc) is 2.58. The second kappa shape index (κ2) is 18.2. The van der Waals surface area contributed by atoms with E-state index >= 15 is 0 Å². The molecule has 0 rings (SSSR count). The van der Waals surface area contributed by atoms with Gasteiger partial charge >= 0.3 is 5.97 Å². The van der Waals surface area contributed by atoms with Crippen LogP contribution in [0.25, 0.3) is 0 Å². The minimum absolute atomic E-state index is 0.197. The summed E-state index contributed by atoms with van der Waals surface area (Å²) in [7, 11) is 0. The fraction of sp³-hybridized carbons (Fsp3) is 0.409. The largest absolute Gasteiger partial charge is 0.481 e. The molecule has 0 aliphatic carbocycles. The minimum Gasteiger partial charge on any atom is -0.481 e. The maximum absolute atomic E-state index is 10.3. The van der Waals surface area contributed by atoms with Gasteiger partial charge in [-0.3, -0.25) is 4.79 Å². The monoisotopic (exact) mass is 344 g/mol. The van der Waals surface area contributed by atoms with Crippen molar-refractivity contribution in [1.82, 2.24) is 0 Å². The lowest BCUT2D eigenvalue weighted by atomic mass is 10.2. The highest BCUT2D eigenvalue weighted by Gasteiger charge is 1.92. The Hall–Kier alpha value is -2.13. The van der Waals surface area contributed by atoms with E-state index in [4.69, 9.17) is 5.11 Å². The molecule has 138 valence electrons. The Morgan fingerprint density at radius 2 is 1.52 bits per heavy atom. The summed E-state index contributed by atoms with van der Waals surface area (Å²) in [6.45, 7) is 2.08. The predicted octanol–water partition coefficient (Wildman–Crippen LogP) is 5.52. The summed E-state index contributed by atoms with van der Waals surface area (Å²) in [4.78, 5) is 10.3. The summed E-state index contributed by atoms with van der Waals surface area (Å²) in [6, 6.07) is 0. The fourth-order valence-electron chi connectivity index (χ4n) is 1.88. The highest BCUT2D eigenvalue weighted by molar-refractivity contribution is 5.66. The lowest BCUT2D eigenvalue weighted by Crippen LogP contribution is -1.98. The molecule has 0 aliphatic heterocycles. The highest BCUT2D eigenvalue weighted by Crippen LogP contribution is 1.99. The van der Waals surface area contributed by atoms with Crippen LogP contribution in [-0.2, 0) is 4.79 Å². The Bertz CT molecular complexity index is 493. The van der Waals surface area contributed by atoms with Gasteiger partial charge in [-0.15, -0.1) is 0 Å². The molecule has 3 heteroatoms. The fourth-order valence-corrected chi connectivity index (χ4v) is 1.88. The van der Waals surface area contributed by atoms with E-state index < -0.39 is 12.1 Å². The van der Waals surface area contributed by atoms with Crippen molar-refractivity contribution in [3.05, 3.63) is 72.9 Å². The number of carboxylic acids is 1. The lowest BCUT2D eigenvalue weighted by Gasteiger charge is -1.98. The first-order valence-corrected chi connectivity index (χ1v) is 9.01. The molecule has 0 unspecified atom stereocenters. The molecule has 0 aliphatic rings. The second-order valence-electron chi connectivity index (χ2n) is 5.57. The van der Waals surface area contributed by atoms with Crippen molar-refractivity contribution in [3.8, 4) is 0 Å². The van der Waals surface area contributed by atoms with Gasteiger partial charge in [0.2, 0.25) is 0 Å². The number of carbonyl (C=O) groups is 1. The summed E-state index contributed by atoms with van der Waals surface area (Å²) in [5.41, 5.74) is 0. The van der Waals surface area contributed by atoms with Crippen molar-refractivity contribution in [1.29, 1.82) is 0 Å². The van der Waals surface area contributed by atoms with Gasteiger partial charge in [-0.05, 0) is 38.5 Å². The van der Waals surface area contributed by atoms with Crippen LogP contribution in [0.1, 0.15) is 51.9 Å². The summed E-state index contributed by atoms with van der Waals surface area (Å²) in [5, 5.41) is 18.2. The molecule has 3 nitrogen and oxygen atoms in total. The van der Waals surface area contributed by atoms with Gasteiger partial charge < -0.3 is 10.2 Å². The van der Waals surface area contributed by atoms with E-state index in [9.17, 15) is 9.90 Å². The predicted molar refractivity (Wildman–Crippen MR) is 106 cm³/mol. The Labute approximate surface area is 152 Å². The normalized spacial score (nSPS) is 14.3. The molecule has 0 saturated carbocycles. The molecule has 0 aromatic heterocycles. The van der Waals surface area contributed by atoms with Crippen LogP contribution < -0.4 is 0 Å². The summed E-state index contributed by atoms with van der Waals surface area (Å²) < 4.78 is 0. The molecule has 0 saturated heterocycles. The maximum atomic E-state index is 10.3. The van der Waals surface area contributed by atoms with Crippen molar-refractivity contribution in [2.24, 2.45) is 0 Å². The van der Waals surface area contributed by atoms with Gasteiger partial charge in [-0.1, -0.05) is 79.8 Å². The van der Waals surface area contributed by atoms with Gasteiger partial charge in [-0.25, -0.2) is 0 Å². The van der Waals surface area contributed by atoms with E-state index in [2.05, 4.69) is 31.2 Å². The van der Waals surface area contributed by atoms with Crippen LogP contribution in [-0.4, -0.2) is 22.3 Å². The molecular weight excluding hydrogens is 312 g/mol. The van der Waals surface area contributed by atoms with Gasteiger partial charge in [0.25, 0.3) is 0 Å². The summed E-state index contributed by atoms with van der Waals surface area (Å²) >= 11 is 0. The number of aliphatic carboxylic acids is 1. The first kappa shape index (κ1) is 22.9. The summed E-state index contributed by atoms with van der Waals surface area (Å²) in [5.74, 6) is -0.753.